The number of rotatable bonds is 2. The highest BCUT2D eigenvalue weighted by molar-refractivity contribution is 4.82. The van der Waals surface area contributed by atoms with Gasteiger partial charge in [0.25, 0.3) is 0 Å². The first-order valence-corrected chi connectivity index (χ1v) is 6.00. The summed E-state index contributed by atoms with van der Waals surface area (Å²) in [6.45, 7) is 9.27. The Bertz CT molecular complexity index is 189. The van der Waals surface area contributed by atoms with Crippen molar-refractivity contribution >= 4 is 0 Å². The second-order valence-corrected chi connectivity index (χ2v) is 4.87. The molecule has 0 aromatic heterocycles. The molecule has 0 saturated carbocycles. The molecule has 0 aliphatic carbocycles. The average molecular weight is 211 g/mol. The van der Waals surface area contributed by atoms with Crippen LogP contribution in [0.5, 0.6) is 0 Å². The van der Waals surface area contributed by atoms with Gasteiger partial charge in [0.15, 0.2) is 0 Å². The third-order valence-electron chi connectivity index (χ3n) is 3.64. The highest BCUT2D eigenvalue weighted by Crippen LogP contribution is 2.06. The van der Waals surface area contributed by atoms with Gasteiger partial charge < -0.3 is 4.90 Å². The molecular weight excluding hydrogens is 188 g/mol. The molecule has 0 amide bonds. The Morgan fingerprint density at radius 1 is 1.07 bits per heavy atom. The summed E-state index contributed by atoms with van der Waals surface area (Å²) in [5, 5.41) is 4.51. The van der Waals surface area contributed by atoms with Crippen LogP contribution < -0.4 is 5.32 Å². The lowest BCUT2D eigenvalue weighted by Gasteiger charge is -2.39. The Morgan fingerprint density at radius 3 is 2.47 bits per heavy atom. The lowest BCUT2D eigenvalue weighted by Crippen LogP contribution is -2.54. The van der Waals surface area contributed by atoms with Gasteiger partial charge in [-0.15, -0.1) is 0 Å². The van der Waals surface area contributed by atoms with Crippen molar-refractivity contribution < 1.29 is 0 Å². The maximum Gasteiger partial charge on any atom is 0.0362 e. The standard InChI is InChI=1S/C11H23N4/c1-13-5-7-15(8-6-13)10-11-9-12-3-4-14(11)2/h11H,3-10H2,1-2H3. The van der Waals surface area contributed by atoms with E-state index in [1.165, 1.54) is 32.7 Å². The summed E-state index contributed by atoms with van der Waals surface area (Å²) in [7, 11) is 4.44. The topological polar surface area (TPSA) is 23.8 Å². The number of likely N-dealkylation sites (N-methyl/N-ethyl adjacent to an activating group) is 2. The lowest BCUT2D eigenvalue weighted by atomic mass is 10.2. The van der Waals surface area contributed by atoms with Crippen molar-refractivity contribution in [2.24, 2.45) is 0 Å². The van der Waals surface area contributed by atoms with E-state index in [1.807, 2.05) is 0 Å². The Labute approximate surface area is 93.2 Å². The van der Waals surface area contributed by atoms with Crippen LogP contribution in [0.2, 0.25) is 0 Å². The minimum absolute atomic E-state index is 0.655. The lowest BCUT2D eigenvalue weighted by molar-refractivity contribution is 0.0991. The fourth-order valence-electron chi connectivity index (χ4n) is 2.32. The third kappa shape index (κ3) is 3.14. The van der Waals surface area contributed by atoms with E-state index < -0.39 is 0 Å². The molecule has 2 rings (SSSR count). The van der Waals surface area contributed by atoms with Gasteiger partial charge >= 0.3 is 0 Å². The van der Waals surface area contributed by atoms with E-state index in [4.69, 9.17) is 0 Å². The Balaban J connectivity index is 1.75. The summed E-state index contributed by atoms with van der Waals surface area (Å²) in [5.74, 6) is 0. The zero-order valence-corrected chi connectivity index (χ0v) is 10.0. The molecule has 2 aliphatic heterocycles. The second kappa shape index (κ2) is 5.25. The van der Waals surface area contributed by atoms with Crippen molar-refractivity contribution in [2.45, 2.75) is 6.04 Å². The van der Waals surface area contributed by atoms with E-state index in [-0.39, 0.29) is 0 Å². The summed E-state index contributed by atoms with van der Waals surface area (Å²) < 4.78 is 0. The highest BCUT2D eigenvalue weighted by atomic mass is 15.3. The first kappa shape index (κ1) is 11.3. The van der Waals surface area contributed by atoms with Gasteiger partial charge in [0.05, 0.1) is 0 Å². The van der Waals surface area contributed by atoms with Crippen LogP contribution in [-0.2, 0) is 0 Å². The number of hydrogen-bond acceptors (Lipinski definition) is 3. The predicted molar refractivity (Wildman–Crippen MR) is 62.2 cm³/mol. The molecule has 87 valence electrons. The molecule has 0 N–H and O–H groups in total. The van der Waals surface area contributed by atoms with Crippen molar-refractivity contribution in [3.05, 3.63) is 0 Å². The number of hydrogen-bond donors (Lipinski definition) is 0. The van der Waals surface area contributed by atoms with Gasteiger partial charge in [0, 0.05) is 58.4 Å². The van der Waals surface area contributed by atoms with Crippen molar-refractivity contribution in [3.63, 3.8) is 0 Å². The van der Waals surface area contributed by atoms with Gasteiger partial charge in [-0.25, -0.2) is 5.32 Å². The summed E-state index contributed by atoms with van der Waals surface area (Å²) in [6.07, 6.45) is 0. The summed E-state index contributed by atoms with van der Waals surface area (Å²) >= 11 is 0. The second-order valence-electron chi connectivity index (χ2n) is 4.87. The fraction of sp³-hybridized carbons (Fsp3) is 1.00. The van der Waals surface area contributed by atoms with Gasteiger partial charge in [-0.05, 0) is 14.1 Å². The molecule has 4 heteroatoms. The van der Waals surface area contributed by atoms with Crippen LogP contribution in [0.25, 0.3) is 0 Å². The highest BCUT2D eigenvalue weighted by Gasteiger charge is 2.23. The normalized spacial score (nSPS) is 32.0. The SMILES string of the molecule is CN1CCN(CC2C[N]CCN2C)CC1. The van der Waals surface area contributed by atoms with Crippen LogP contribution in [-0.4, -0.2) is 87.2 Å². The van der Waals surface area contributed by atoms with Crippen molar-refractivity contribution in [3.8, 4) is 0 Å². The zero-order chi connectivity index (χ0) is 10.7. The predicted octanol–water partition coefficient (Wildman–Crippen LogP) is -0.848. The first-order chi connectivity index (χ1) is 7.25. The smallest absolute Gasteiger partial charge is 0.0362 e. The summed E-state index contributed by atoms with van der Waals surface area (Å²) in [4.78, 5) is 7.46. The molecule has 2 fully saturated rings. The molecule has 0 bridgehead atoms. The molecule has 0 aromatic rings. The molecule has 2 heterocycles. The van der Waals surface area contributed by atoms with Gasteiger partial charge in [-0.2, -0.15) is 0 Å². The quantitative estimate of drug-likeness (QED) is 0.595. The molecular formula is C11H23N4. The summed E-state index contributed by atoms with van der Waals surface area (Å²) in [6, 6.07) is 0.655. The molecule has 4 nitrogen and oxygen atoms in total. The van der Waals surface area contributed by atoms with E-state index in [0.717, 1.165) is 19.6 Å². The van der Waals surface area contributed by atoms with Crippen LogP contribution in [0.15, 0.2) is 0 Å². The van der Waals surface area contributed by atoms with Gasteiger partial charge in [0.2, 0.25) is 0 Å². The summed E-state index contributed by atoms with van der Waals surface area (Å²) in [5.41, 5.74) is 0. The Hall–Kier alpha value is -0.160. The fourth-order valence-corrected chi connectivity index (χ4v) is 2.32. The van der Waals surface area contributed by atoms with E-state index in [1.54, 1.807) is 0 Å². The van der Waals surface area contributed by atoms with Crippen molar-refractivity contribution in [1.82, 2.24) is 20.0 Å². The van der Waals surface area contributed by atoms with Crippen LogP contribution >= 0.6 is 0 Å². The monoisotopic (exact) mass is 211 g/mol. The van der Waals surface area contributed by atoms with E-state index in [9.17, 15) is 0 Å². The first-order valence-electron chi connectivity index (χ1n) is 6.00. The third-order valence-corrected chi connectivity index (χ3v) is 3.64. The Kier molecular flexibility index (Phi) is 3.97. The molecule has 1 unspecified atom stereocenters. The average Bonchev–Trinajstić information content (AvgIpc) is 2.25. The maximum atomic E-state index is 4.51. The van der Waals surface area contributed by atoms with Crippen LogP contribution in [0.4, 0.5) is 0 Å². The Morgan fingerprint density at radius 2 is 1.80 bits per heavy atom. The molecule has 2 saturated heterocycles. The van der Waals surface area contributed by atoms with E-state index in [0.29, 0.717) is 6.04 Å². The van der Waals surface area contributed by atoms with Crippen LogP contribution in [0, 0.1) is 0 Å². The maximum absolute atomic E-state index is 4.51. The van der Waals surface area contributed by atoms with Gasteiger partial charge in [0.1, 0.15) is 0 Å². The molecule has 15 heavy (non-hydrogen) atoms. The van der Waals surface area contributed by atoms with Crippen LogP contribution in [0.1, 0.15) is 0 Å². The molecule has 0 spiro atoms. The van der Waals surface area contributed by atoms with Crippen molar-refractivity contribution in [2.75, 3.05) is 66.5 Å². The minimum atomic E-state index is 0.655. The van der Waals surface area contributed by atoms with Gasteiger partial charge in [-0.3, -0.25) is 9.80 Å². The molecule has 2 aliphatic rings. The molecule has 1 atom stereocenters. The van der Waals surface area contributed by atoms with Crippen molar-refractivity contribution in [1.29, 1.82) is 0 Å². The van der Waals surface area contributed by atoms with Gasteiger partial charge in [-0.1, -0.05) is 0 Å². The van der Waals surface area contributed by atoms with Crippen LogP contribution in [0.3, 0.4) is 0 Å². The molecule has 1 radical (unpaired) electrons. The number of nitrogens with zero attached hydrogens (tertiary/aromatic N) is 4. The zero-order valence-electron chi connectivity index (χ0n) is 10.0. The van der Waals surface area contributed by atoms with E-state index >= 15 is 0 Å². The van der Waals surface area contributed by atoms with E-state index in [2.05, 4.69) is 34.1 Å². The molecule has 0 aromatic carbocycles. The largest absolute Gasteiger partial charge is 0.304 e. The number of piperazine rings is 2. The minimum Gasteiger partial charge on any atom is -0.304 e.